The summed E-state index contributed by atoms with van der Waals surface area (Å²) in [6, 6.07) is 7.06. The summed E-state index contributed by atoms with van der Waals surface area (Å²) in [5.74, 6) is 0. The molecule has 0 radical (unpaired) electrons. The predicted octanol–water partition coefficient (Wildman–Crippen LogP) is 3.13. The van der Waals surface area contributed by atoms with Crippen LogP contribution in [-0.4, -0.2) is 17.2 Å². The Morgan fingerprint density at radius 2 is 2.35 bits per heavy atom. The topological polar surface area (TPSA) is 17.0 Å². The fourth-order valence-corrected chi connectivity index (χ4v) is 3.16. The number of nitrogens with zero attached hydrogens (tertiary/aromatic N) is 1. The minimum absolute atomic E-state index is 0.634. The smallest absolute Gasteiger partial charge is 0.0661 e. The molecule has 1 aromatic heterocycles. The molecule has 1 unspecified atom stereocenters. The molecule has 1 aliphatic heterocycles. The standard InChI is InChI=1S/C14H17ClN2/c1-17-9-13(15)12-6-2-4-10(14(12)17)8-11-5-3-7-16-11/h2,4,6,9,11,16H,3,5,7-8H2,1H3. The van der Waals surface area contributed by atoms with Crippen LogP contribution in [0.15, 0.2) is 24.4 Å². The van der Waals surface area contributed by atoms with E-state index in [0.29, 0.717) is 6.04 Å². The van der Waals surface area contributed by atoms with Crippen LogP contribution in [0, 0.1) is 0 Å². The highest BCUT2D eigenvalue weighted by Gasteiger charge is 2.17. The van der Waals surface area contributed by atoms with Gasteiger partial charge in [0.05, 0.1) is 10.5 Å². The van der Waals surface area contributed by atoms with E-state index in [0.717, 1.165) is 18.0 Å². The van der Waals surface area contributed by atoms with Crippen molar-refractivity contribution in [2.75, 3.05) is 6.54 Å². The zero-order valence-electron chi connectivity index (χ0n) is 10.0. The lowest BCUT2D eigenvalue weighted by atomic mass is 10.0. The number of aryl methyl sites for hydroxylation is 1. The molecule has 90 valence electrons. The van der Waals surface area contributed by atoms with Crippen molar-refractivity contribution in [2.24, 2.45) is 7.05 Å². The number of hydrogen-bond acceptors (Lipinski definition) is 1. The van der Waals surface area contributed by atoms with Crippen molar-refractivity contribution >= 4 is 22.5 Å². The van der Waals surface area contributed by atoms with Gasteiger partial charge < -0.3 is 9.88 Å². The van der Waals surface area contributed by atoms with E-state index >= 15 is 0 Å². The van der Waals surface area contributed by atoms with Gasteiger partial charge in [0.1, 0.15) is 0 Å². The largest absolute Gasteiger partial charge is 0.349 e. The van der Waals surface area contributed by atoms with Crippen LogP contribution in [0.4, 0.5) is 0 Å². The second kappa shape index (κ2) is 4.35. The molecule has 0 aliphatic carbocycles. The van der Waals surface area contributed by atoms with Gasteiger partial charge in [-0.3, -0.25) is 0 Å². The van der Waals surface area contributed by atoms with Crippen molar-refractivity contribution in [1.82, 2.24) is 9.88 Å². The summed E-state index contributed by atoms with van der Waals surface area (Å²) < 4.78 is 2.14. The van der Waals surface area contributed by atoms with Crippen LogP contribution < -0.4 is 5.32 Å². The lowest BCUT2D eigenvalue weighted by molar-refractivity contribution is 0.604. The van der Waals surface area contributed by atoms with E-state index < -0.39 is 0 Å². The molecule has 1 fully saturated rings. The molecule has 3 rings (SSSR count). The van der Waals surface area contributed by atoms with Crippen molar-refractivity contribution in [3.05, 3.63) is 35.0 Å². The first-order valence-electron chi connectivity index (χ1n) is 6.21. The molecule has 0 bridgehead atoms. The third-order valence-corrected chi connectivity index (χ3v) is 3.97. The Kier molecular flexibility index (Phi) is 2.85. The van der Waals surface area contributed by atoms with Crippen LogP contribution >= 0.6 is 11.6 Å². The summed E-state index contributed by atoms with van der Waals surface area (Å²) in [4.78, 5) is 0. The molecule has 17 heavy (non-hydrogen) atoms. The number of rotatable bonds is 2. The highest BCUT2D eigenvalue weighted by atomic mass is 35.5. The van der Waals surface area contributed by atoms with Gasteiger partial charge in [-0.25, -0.2) is 0 Å². The van der Waals surface area contributed by atoms with Gasteiger partial charge in [0, 0.05) is 24.7 Å². The maximum Gasteiger partial charge on any atom is 0.0661 e. The lowest BCUT2D eigenvalue weighted by Gasteiger charge is -2.12. The van der Waals surface area contributed by atoms with Crippen molar-refractivity contribution in [3.8, 4) is 0 Å². The van der Waals surface area contributed by atoms with Crippen LogP contribution in [0.1, 0.15) is 18.4 Å². The van der Waals surface area contributed by atoms with E-state index in [9.17, 15) is 0 Å². The summed E-state index contributed by atoms with van der Waals surface area (Å²) in [6.45, 7) is 1.16. The number of hydrogen-bond donors (Lipinski definition) is 1. The van der Waals surface area contributed by atoms with Crippen molar-refractivity contribution in [1.29, 1.82) is 0 Å². The van der Waals surface area contributed by atoms with Crippen molar-refractivity contribution in [2.45, 2.75) is 25.3 Å². The number of halogens is 1. The van der Waals surface area contributed by atoms with Crippen LogP contribution in [0.5, 0.6) is 0 Å². The van der Waals surface area contributed by atoms with Gasteiger partial charge in [-0.1, -0.05) is 29.8 Å². The van der Waals surface area contributed by atoms with E-state index in [1.807, 2.05) is 6.20 Å². The Bertz CT molecular complexity index is 538. The van der Waals surface area contributed by atoms with Crippen LogP contribution in [0.3, 0.4) is 0 Å². The molecule has 0 spiro atoms. The monoisotopic (exact) mass is 248 g/mol. The normalized spacial score (nSPS) is 20.2. The molecule has 3 heteroatoms. The SMILES string of the molecule is Cn1cc(Cl)c2cccc(CC3CCCN3)c21. The fraction of sp³-hybridized carbons (Fsp3) is 0.429. The van der Waals surface area contributed by atoms with Crippen molar-refractivity contribution in [3.63, 3.8) is 0 Å². The summed E-state index contributed by atoms with van der Waals surface area (Å²) in [7, 11) is 2.07. The van der Waals surface area contributed by atoms with Gasteiger partial charge in [0.2, 0.25) is 0 Å². The molecule has 0 saturated carbocycles. The number of nitrogens with one attached hydrogen (secondary N) is 1. The molecule has 0 amide bonds. The molecule has 2 heterocycles. The van der Waals surface area contributed by atoms with Crippen LogP contribution in [0.2, 0.25) is 5.02 Å². The maximum absolute atomic E-state index is 6.23. The van der Waals surface area contributed by atoms with Crippen molar-refractivity contribution < 1.29 is 0 Å². The van der Waals surface area contributed by atoms with Gasteiger partial charge in [-0.2, -0.15) is 0 Å². The zero-order valence-corrected chi connectivity index (χ0v) is 10.8. The van der Waals surface area contributed by atoms with E-state index in [1.165, 1.54) is 29.3 Å². The first kappa shape index (κ1) is 11.1. The van der Waals surface area contributed by atoms with Gasteiger partial charge in [-0.05, 0) is 31.4 Å². The third kappa shape index (κ3) is 1.96. The fourth-order valence-electron chi connectivity index (χ4n) is 2.87. The molecule has 1 atom stereocenters. The van der Waals surface area contributed by atoms with Crippen LogP contribution in [0.25, 0.3) is 10.9 Å². The molecular formula is C14H17ClN2. The Morgan fingerprint density at radius 3 is 3.12 bits per heavy atom. The molecule has 1 aliphatic rings. The summed E-state index contributed by atoms with van der Waals surface area (Å²) in [5, 5.41) is 5.58. The zero-order chi connectivity index (χ0) is 11.8. The first-order valence-corrected chi connectivity index (χ1v) is 6.59. The Labute approximate surface area is 107 Å². The Hall–Kier alpha value is -0.990. The highest BCUT2D eigenvalue weighted by molar-refractivity contribution is 6.35. The Balaban J connectivity index is 2.03. The molecule has 1 saturated heterocycles. The number of benzene rings is 1. The van der Waals surface area contributed by atoms with E-state index in [1.54, 1.807) is 0 Å². The second-order valence-corrected chi connectivity index (χ2v) is 5.31. The van der Waals surface area contributed by atoms with Crippen LogP contribution in [-0.2, 0) is 13.5 Å². The molecule has 1 N–H and O–H groups in total. The minimum atomic E-state index is 0.634. The second-order valence-electron chi connectivity index (χ2n) is 4.90. The Morgan fingerprint density at radius 1 is 1.47 bits per heavy atom. The highest BCUT2D eigenvalue weighted by Crippen LogP contribution is 2.28. The molecule has 2 nitrogen and oxygen atoms in total. The first-order chi connectivity index (χ1) is 8.25. The number of fused-ring (bicyclic) bond motifs is 1. The van der Waals surface area contributed by atoms with Gasteiger partial charge in [-0.15, -0.1) is 0 Å². The van der Waals surface area contributed by atoms with E-state index in [2.05, 4.69) is 35.1 Å². The summed E-state index contributed by atoms with van der Waals surface area (Å²) >= 11 is 6.23. The maximum atomic E-state index is 6.23. The summed E-state index contributed by atoms with van der Waals surface area (Å²) in [5.41, 5.74) is 2.68. The molecule has 2 aromatic rings. The van der Waals surface area contributed by atoms with E-state index in [-0.39, 0.29) is 0 Å². The third-order valence-electron chi connectivity index (χ3n) is 3.67. The average Bonchev–Trinajstić information content (AvgIpc) is 2.90. The number of aromatic nitrogens is 1. The lowest BCUT2D eigenvalue weighted by Crippen LogP contribution is -2.23. The number of para-hydroxylation sites is 1. The van der Waals surface area contributed by atoms with Gasteiger partial charge in [0.25, 0.3) is 0 Å². The quantitative estimate of drug-likeness (QED) is 0.864. The molecular weight excluding hydrogens is 232 g/mol. The van der Waals surface area contributed by atoms with E-state index in [4.69, 9.17) is 11.6 Å². The van der Waals surface area contributed by atoms with Gasteiger partial charge >= 0.3 is 0 Å². The molecule has 1 aromatic carbocycles. The van der Waals surface area contributed by atoms with Gasteiger partial charge in [0.15, 0.2) is 0 Å². The minimum Gasteiger partial charge on any atom is -0.349 e. The summed E-state index contributed by atoms with van der Waals surface area (Å²) in [6.07, 6.45) is 5.69. The average molecular weight is 249 g/mol. The predicted molar refractivity (Wildman–Crippen MR) is 72.7 cm³/mol.